The first-order valence-corrected chi connectivity index (χ1v) is 10.9. The monoisotopic (exact) mass is 417 g/mol. The molecule has 0 unspecified atom stereocenters. The van der Waals surface area contributed by atoms with Crippen molar-refractivity contribution in [2.24, 2.45) is 5.11 Å². The lowest BCUT2D eigenvalue weighted by Gasteiger charge is -2.12. The molecule has 2 aromatic carbocycles. The molecule has 1 aliphatic carbocycles. The van der Waals surface area contributed by atoms with E-state index in [0.29, 0.717) is 22.8 Å². The second-order valence-corrected chi connectivity index (χ2v) is 8.73. The topological polar surface area (TPSA) is 83.7 Å². The maximum Gasteiger partial charge on any atom is 0.268 e. The fraction of sp³-hybridized carbons (Fsp3) is 0.143. The average molecular weight is 418 g/mol. The largest absolute Gasteiger partial charge is 0.268 e. The molecule has 142 valence electrons. The molecule has 0 atom stereocenters. The van der Waals surface area contributed by atoms with E-state index < -0.39 is 0 Å². The predicted molar refractivity (Wildman–Crippen MR) is 118 cm³/mol. The number of thioether (sulfide) groups is 1. The first-order chi connectivity index (χ1) is 14.3. The van der Waals surface area contributed by atoms with Crippen molar-refractivity contribution in [3.8, 4) is 16.8 Å². The number of benzene rings is 2. The Hall–Kier alpha value is -3.06. The summed E-state index contributed by atoms with van der Waals surface area (Å²) in [5.41, 5.74) is 12.7. The molecule has 0 radical (unpaired) electrons. The summed E-state index contributed by atoms with van der Waals surface area (Å²) in [6, 6.07) is 17.8. The van der Waals surface area contributed by atoms with Crippen LogP contribution in [0.25, 0.3) is 37.5 Å². The van der Waals surface area contributed by atoms with Gasteiger partial charge >= 0.3 is 0 Å². The number of hydrogen-bond acceptors (Lipinski definition) is 5. The number of azide groups is 1. The van der Waals surface area contributed by atoms with Crippen LogP contribution in [0.1, 0.15) is 10.4 Å². The summed E-state index contributed by atoms with van der Waals surface area (Å²) in [7, 11) is 0. The van der Waals surface area contributed by atoms with Crippen LogP contribution in [0.3, 0.4) is 0 Å². The van der Waals surface area contributed by atoms with Crippen LogP contribution >= 0.6 is 23.1 Å². The van der Waals surface area contributed by atoms with Crippen LogP contribution in [0, 0.1) is 0 Å². The van der Waals surface area contributed by atoms with E-state index in [-0.39, 0.29) is 5.56 Å². The Labute approximate surface area is 174 Å². The van der Waals surface area contributed by atoms with Gasteiger partial charge in [-0.2, -0.15) is 0 Å². The van der Waals surface area contributed by atoms with Crippen LogP contribution in [0.4, 0.5) is 0 Å². The average Bonchev–Trinajstić information content (AvgIpc) is 3.27. The van der Waals surface area contributed by atoms with E-state index in [1.807, 2.05) is 42.5 Å². The molecule has 0 saturated carbocycles. The van der Waals surface area contributed by atoms with Crippen molar-refractivity contribution in [2.75, 3.05) is 12.3 Å². The van der Waals surface area contributed by atoms with Gasteiger partial charge in [-0.25, -0.2) is 4.98 Å². The van der Waals surface area contributed by atoms with E-state index >= 15 is 0 Å². The highest BCUT2D eigenvalue weighted by atomic mass is 32.2. The van der Waals surface area contributed by atoms with Crippen molar-refractivity contribution in [3.05, 3.63) is 85.8 Å². The molecule has 0 spiro atoms. The van der Waals surface area contributed by atoms with Gasteiger partial charge in [0, 0.05) is 34.1 Å². The first-order valence-electron chi connectivity index (χ1n) is 9.13. The Balaban J connectivity index is 1.74. The molecule has 5 rings (SSSR count). The standard InChI is InChI=1S/C21H15N5OS2/c22-25-23-10-11-28-21-24-19-18(20(27)26(21)14-7-2-1-3-8-14)17-15-9-5-4-6-13(15)12-16(17)29-19/h1-9H,10-12H2. The number of rotatable bonds is 5. The highest BCUT2D eigenvalue weighted by molar-refractivity contribution is 7.99. The van der Waals surface area contributed by atoms with Crippen molar-refractivity contribution in [1.29, 1.82) is 0 Å². The quantitative estimate of drug-likeness (QED) is 0.0955. The van der Waals surface area contributed by atoms with Crippen LogP contribution in [0.5, 0.6) is 0 Å². The van der Waals surface area contributed by atoms with E-state index in [0.717, 1.165) is 28.1 Å². The molecule has 6 nitrogen and oxygen atoms in total. The van der Waals surface area contributed by atoms with Gasteiger partial charge in [0.2, 0.25) is 0 Å². The summed E-state index contributed by atoms with van der Waals surface area (Å²) in [6.45, 7) is 0.345. The van der Waals surface area contributed by atoms with E-state index in [1.54, 1.807) is 15.9 Å². The molecule has 0 N–H and O–H groups in total. The molecule has 0 fully saturated rings. The maximum atomic E-state index is 13.7. The summed E-state index contributed by atoms with van der Waals surface area (Å²) in [5, 5.41) is 4.90. The molecular formula is C21H15N5OS2. The number of nitrogens with zero attached hydrogens (tertiary/aromatic N) is 5. The van der Waals surface area contributed by atoms with Gasteiger partial charge in [0.1, 0.15) is 4.83 Å². The van der Waals surface area contributed by atoms with Gasteiger partial charge in [0.05, 0.1) is 11.1 Å². The summed E-state index contributed by atoms with van der Waals surface area (Å²) in [5.74, 6) is 0.558. The number of aromatic nitrogens is 2. The fourth-order valence-electron chi connectivity index (χ4n) is 3.70. The second-order valence-electron chi connectivity index (χ2n) is 6.59. The first kappa shape index (κ1) is 18.0. The Morgan fingerprint density at radius 1 is 1.17 bits per heavy atom. The molecule has 2 heterocycles. The zero-order valence-corrected chi connectivity index (χ0v) is 16.9. The van der Waals surface area contributed by atoms with Crippen molar-refractivity contribution in [2.45, 2.75) is 11.6 Å². The van der Waals surface area contributed by atoms with Gasteiger partial charge in [-0.05, 0) is 28.8 Å². The van der Waals surface area contributed by atoms with Crippen LogP contribution in [0.15, 0.2) is 69.7 Å². The highest BCUT2D eigenvalue weighted by Gasteiger charge is 2.27. The third-order valence-corrected chi connectivity index (χ3v) is 6.91. The molecule has 0 bridgehead atoms. The minimum absolute atomic E-state index is 0.0540. The molecule has 4 aromatic rings. The lowest BCUT2D eigenvalue weighted by atomic mass is 10.1. The van der Waals surface area contributed by atoms with Gasteiger partial charge in [-0.15, -0.1) is 11.3 Å². The fourth-order valence-corrected chi connectivity index (χ4v) is 5.79. The summed E-state index contributed by atoms with van der Waals surface area (Å²) in [4.78, 5) is 23.3. The van der Waals surface area contributed by atoms with E-state index in [2.05, 4.69) is 22.2 Å². The molecule has 0 aliphatic heterocycles. The molecule has 8 heteroatoms. The molecule has 0 saturated heterocycles. The molecule has 1 aliphatic rings. The molecule has 2 aromatic heterocycles. The van der Waals surface area contributed by atoms with Crippen molar-refractivity contribution < 1.29 is 0 Å². The number of thiophene rings is 1. The zero-order valence-electron chi connectivity index (χ0n) is 15.3. The Kier molecular flexibility index (Phi) is 4.60. The van der Waals surface area contributed by atoms with Crippen molar-refractivity contribution in [3.63, 3.8) is 0 Å². The van der Waals surface area contributed by atoms with Gasteiger partial charge in [-0.1, -0.05) is 59.3 Å². The minimum atomic E-state index is -0.0540. The van der Waals surface area contributed by atoms with E-state index in [1.165, 1.54) is 22.2 Å². The lowest BCUT2D eigenvalue weighted by molar-refractivity contribution is 0.822. The SMILES string of the molecule is [N-]=[N+]=NCCSc1nc2sc3c(c2c(=O)n1-c1ccccc1)-c1ccccc1C3. The normalized spacial score (nSPS) is 11.9. The summed E-state index contributed by atoms with van der Waals surface area (Å²) < 4.78 is 1.68. The van der Waals surface area contributed by atoms with Crippen LogP contribution in [-0.4, -0.2) is 21.8 Å². The summed E-state index contributed by atoms with van der Waals surface area (Å²) in [6.07, 6.45) is 0.844. The van der Waals surface area contributed by atoms with Crippen LogP contribution in [0.2, 0.25) is 0 Å². The minimum Gasteiger partial charge on any atom is -0.268 e. The smallest absolute Gasteiger partial charge is 0.268 e. The van der Waals surface area contributed by atoms with Gasteiger partial charge in [0.15, 0.2) is 5.16 Å². The van der Waals surface area contributed by atoms with Crippen LogP contribution in [-0.2, 0) is 6.42 Å². The van der Waals surface area contributed by atoms with E-state index in [9.17, 15) is 4.79 Å². The maximum absolute atomic E-state index is 13.7. The zero-order chi connectivity index (χ0) is 19.8. The van der Waals surface area contributed by atoms with Crippen molar-refractivity contribution in [1.82, 2.24) is 9.55 Å². The molecule has 0 amide bonds. The van der Waals surface area contributed by atoms with E-state index in [4.69, 9.17) is 10.5 Å². The summed E-state index contributed by atoms with van der Waals surface area (Å²) >= 11 is 3.03. The van der Waals surface area contributed by atoms with Crippen LogP contribution < -0.4 is 5.56 Å². The Morgan fingerprint density at radius 3 is 2.79 bits per heavy atom. The Morgan fingerprint density at radius 2 is 1.97 bits per heavy atom. The third-order valence-electron chi connectivity index (χ3n) is 4.91. The van der Waals surface area contributed by atoms with Gasteiger partial charge in [-0.3, -0.25) is 9.36 Å². The number of fused-ring (bicyclic) bond motifs is 5. The lowest BCUT2D eigenvalue weighted by Crippen LogP contribution is -2.21. The number of para-hydroxylation sites is 1. The van der Waals surface area contributed by atoms with Gasteiger partial charge in [0.25, 0.3) is 5.56 Å². The predicted octanol–water partition coefficient (Wildman–Crippen LogP) is 5.42. The highest BCUT2D eigenvalue weighted by Crippen LogP contribution is 2.45. The van der Waals surface area contributed by atoms with Gasteiger partial charge < -0.3 is 0 Å². The molecule has 29 heavy (non-hydrogen) atoms. The third kappa shape index (κ3) is 3.02. The number of hydrogen-bond donors (Lipinski definition) is 0. The van der Waals surface area contributed by atoms with Crippen molar-refractivity contribution >= 4 is 33.3 Å². The molecular weight excluding hydrogens is 402 g/mol. The second kappa shape index (κ2) is 7.40. The Bertz CT molecular complexity index is 1340.